The first-order valence-corrected chi connectivity index (χ1v) is 10.4. The van der Waals surface area contributed by atoms with E-state index >= 15 is 0 Å². The van der Waals surface area contributed by atoms with E-state index in [1.54, 1.807) is 0 Å². The van der Waals surface area contributed by atoms with E-state index in [-0.39, 0.29) is 38.5 Å². The largest absolute Gasteiger partial charge is 0.478 e. The number of amides is 3. The van der Waals surface area contributed by atoms with Crippen molar-refractivity contribution in [2.45, 2.75) is 10.9 Å². The minimum Gasteiger partial charge on any atom is -0.478 e. The molecular formula is C17H13Cl2N3O7S. The minimum atomic E-state index is -4.15. The molecule has 1 heterocycles. The molecule has 1 unspecified atom stereocenters. The molecule has 1 saturated heterocycles. The molecular weight excluding hydrogens is 461 g/mol. The van der Waals surface area contributed by atoms with Gasteiger partial charge in [-0.2, -0.15) is 0 Å². The Balaban J connectivity index is 1.85. The monoisotopic (exact) mass is 473 g/mol. The molecule has 0 bridgehead atoms. The number of carboxylic acid groups (broad SMARTS) is 1. The summed E-state index contributed by atoms with van der Waals surface area (Å²) in [5.74, 6) is -2.07. The van der Waals surface area contributed by atoms with E-state index in [2.05, 4.69) is 10.0 Å². The van der Waals surface area contributed by atoms with Gasteiger partial charge in [0.15, 0.2) is 0 Å². The maximum atomic E-state index is 12.7. The van der Waals surface area contributed by atoms with Gasteiger partial charge in [0, 0.05) is 18.7 Å². The second-order valence-electron chi connectivity index (χ2n) is 5.98. The fraction of sp³-hybridized carbons (Fsp3) is 0.118. The number of hydrogen-bond acceptors (Lipinski definition) is 6. The second kappa shape index (κ2) is 8.48. The molecule has 1 fully saturated rings. The number of urea groups is 1. The highest BCUT2D eigenvalue weighted by atomic mass is 35.5. The third-order valence-corrected chi connectivity index (χ3v) is 5.99. The van der Waals surface area contributed by atoms with E-state index in [1.165, 1.54) is 36.4 Å². The first kappa shape index (κ1) is 21.8. The van der Waals surface area contributed by atoms with Crippen molar-refractivity contribution in [3.05, 3.63) is 52.0 Å². The number of halogens is 2. The molecule has 158 valence electrons. The van der Waals surface area contributed by atoms with Crippen molar-refractivity contribution >= 4 is 51.1 Å². The molecule has 4 N–H and O–H groups in total. The smallest absolute Gasteiger partial charge is 0.338 e. The number of carbonyl (C=O) groups excluding carboxylic acids is 2. The predicted molar refractivity (Wildman–Crippen MR) is 106 cm³/mol. The number of carboxylic acids is 1. The molecule has 30 heavy (non-hydrogen) atoms. The van der Waals surface area contributed by atoms with Gasteiger partial charge in [-0.15, -0.1) is 0 Å². The van der Waals surface area contributed by atoms with Gasteiger partial charge in [-0.3, -0.25) is 10.1 Å². The molecule has 1 aliphatic rings. The Morgan fingerprint density at radius 1 is 1.17 bits per heavy atom. The Morgan fingerprint density at radius 2 is 1.80 bits per heavy atom. The van der Waals surface area contributed by atoms with E-state index in [0.29, 0.717) is 0 Å². The van der Waals surface area contributed by atoms with E-state index in [4.69, 9.17) is 33.0 Å². The van der Waals surface area contributed by atoms with Gasteiger partial charge in [0.05, 0.1) is 15.6 Å². The lowest BCUT2D eigenvalue weighted by molar-refractivity contribution is -0.120. The Hall–Kier alpha value is -2.86. The van der Waals surface area contributed by atoms with Crippen LogP contribution in [-0.4, -0.2) is 44.0 Å². The Labute approximate surface area is 180 Å². The highest BCUT2D eigenvalue weighted by Crippen LogP contribution is 2.34. The molecule has 1 aliphatic heterocycles. The summed E-state index contributed by atoms with van der Waals surface area (Å²) in [5.41, 5.74) is -0.315. The number of aromatic carboxylic acids is 1. The molecule has 10 nitrogen and oxygen atoms in total. The number of ether oxygens (including phenoxy) is 1. The number of carbonyl (C=O) groups is 3. The molecule has 3 rings (SSSR count). The standard InChI is InChI=1S/C17H13Cl2N3O7S/c18-9-5-8(6-10(19)14(9)16(24)25)29-12-3-1-2-4-13(12)30(27,28)20-7-11-15(23)22-17(26)21-11/h1-6,11,20H,7H2,(H,24,25)(H2,21,22,23,26). The lowest BCUT2D eigenvalue weighted by Gasteiger charge is -2.14. The lowest BCUT2D eigenvalue weighted by Crippen LogP contribution is -2.41. The van der Waals surface area contributed by atoms with Crippen LogP contribution in [0.1, 0.15) is 10.4 Å². The maximum absolute atomic E-state index is 12.7. The van der Waals surface area contributed by atoms with Crippen molar-refractivity contribution in [3.8, 4) is 11.5 Å². The average Bonchev–Trinajstić information content (AvgIpc) is 2.97. The van der Waals surface area contributed by atoms with Crippen LogP contribution in [-0.2, 0) is 14.8 Å². The van der Waals surface area contributed by atoms with Crippen LogP contribution in [0.25, 0.3) is 0 Å². The van der Waals surface area contributed by atoms with Gasteiger partial charge in [-0.1, -0.05) is 35.3 Å². The lowest BCUT2D eigenvalue weighted by atomic mass is 10.2. The SMILES string of the molecule is O=C1NC(=O)C(CNS(=O)(=O)c2ccccc2Oc2cc(Cl)c(C(=O)O)c(Cl)c2)N1. The summed E-state index contributed by atoms with van der Waals surface area (Å²) >= 11 is 11.9. The van der Waals surface area contributed by atoms with Crippen molar-refractivity contribution in [1.29, 1.82) is 0 Å². The van der Waals surface area contributed by atoms with Gasteiger partial charge in [0.1, 0.15) is 22.4 Å². The van der Waals surface area contributed by atoms with E-state index < -0.39 is 34.0 Å². The summed E-state index contributed by atoms with van der Waals surface area (Å²) in [4.78, 5) is 33.6. The molecule has 0 aromatic heterocycles. The number of imide groups is 1. The molecule has 0 saturated carbocycles. The zero-order chi connectivity index (χ0) is 22.1. The van der Waals surface area contributed by atoms with Crippen LogP contribution >= 0.6 is 23.2 Å². The highest BCUT2D eigenvalue weighted by Gasteiger charge is 2.31. The molecule has 2 aromatic carbocycles. The van der Waals surface area contributed by atoms with Crippen molar-refractivity contribution in [2.24, 2.45) is 0 Å². The van der Waals surface area contributed by atoms with Crippen molar-refractivity contribution < 1.29 is 32.6 Å². The van der Waals surface area contributed by atoms with E-state index in [9.17, 15) is 22.8 Å². The third-order valence-electron chi connectivity index (χ3n) is 3.93. The van der Waals surface area contributed by atoms with Crippen LogP contribution < -0.4 is 20.1 Å². The summed E-state index contributed by atoms with van der Waals surface area (Å²) in [6, 6.07) is 6.21. The van der Waals surface area contributed by atoms with Crippen molar-refractivity contribution in [3.63, 3.8) is 0 Å². The van der Waals surface area contributed by atoms with Crippen LogP contribution in [0, 0.1) is 0 Å². The van der Waals surface area contributed by atoms with Gasteiger partial charge in [-0.25, -0.2) is 22.7 Å². The van der Waals surface area contributed by atoms with Crippen LogP contribution in [0.5, 0.6) is 11.5 Å². The van der Waals surface area contributed by atoms with Gasteiger partial charge in [0.25, 0.3) is 5.91 Å². The number of para-hydroxylation sites is 1. The summed E-state index contributed by atoms with van der Waals surface area (Å²) in [5, 5.41) is 13.0. The first-order chi connectivity index (χ1) is 14.1. The predicted octanol–water partition coefficient (Wildman–Crippen LogP) is 1.97. The first-order valence-electron chi connectivity index (χ1n) is 8.18. The van der Waals surface area contributed by atoms with Gasteiger partial charge < -0.3 is 15.2 Å². The zero-order valence-corrected chi connectivity index (χ0v) is 17.1. The summed E-state index contributed by atoms with van der Waals surface area (Å²) in [6.45, 7) is -0.376. The van der Waals surface area contributed by atoms with Gasteiger partial charge in [0.2, 0.25) is 10.0 Å². The molecule has 0 spiro atoms. The summed E-state index contributed by atoms with van der Waals surface area (Å²) < 4.78 is 33.2. The van der Waals surface area contributed by atoms with E-state index in [1.807, 2.05) is 5.32 Å². The van der Waals surface area contributed by atoms with Gasteiger partial charge >= 0.3 is 12.0 Å². The molecule has 1 atom stereocenters. The second-order valence-corrected chi connectivity index (χ2v) is 8.53. The van der Waals surface area contributed by atoms with Crippen molar-refractivity contribution in [1.82, 2.24) is 15.4 Å². The number of sulfonamides is 1. The Morgan fingerprint density at radius 3 is 2.37 bits per heavy atom. The third kappa shape index (κ3) is 4.65. The Kier molecular flexibility index (Phi) is 6.17. The van der Waals surface area contributed by atoms with Crippen molar-refractivity contribution in [2.75, 3.05) is 6.54 Å². The summed E-state index contributed by atoms with van der Waals surface area (Å²) in [7, 11) is -4.15. The van der Waals surface area contributed by atoms with Crippen LogP contribution in [0.2, 0.25) is 10.0 Å². The average molecular weight is 474 g/mol. The molecule has 3 amide bonds. The maximum Gasteiger partial charge on any atom is 0.338 e. The summed E-state index contributed by atoms with van der Waals surface area (Å²) in [6.07, 6.45) is 0. The zero-order valence-electron chi connectivity index (χ0n) is 14.8. The fourth-order valence-corrected chi connectivity index (χ4v) is 4.37. The van der Waals surface area contributed by atoms with Crippen LogP contribution in [0.3, 0.4) is 0 Å². The minimum absolute atomic E-state index is 0.0140. The molecule has 0 aliphatic carbocycles. The van der Waals surface area contributed by atoms with E-state index in [0.717, 1.165) is 0 Å². The number of benzene rings is 2. The fourth-order valence-electron chi connectivity index (χ4n) is 2.57. The number of rotatable bonds is 7. The Bertz CT molecular complexity index is 1130. The molecule has 2 aromatic rings. The molecule has 0 radical (unpaired) electrons. The number of nitrogens with one attached hydrogen (secondary N) is 3. The molecule has 13 heteroatoms. The van der Waals surface area contributed by atoms with Gasteiger partial charge in [-0.05, 0) is 12.1 Å². The van der Waals surface area contributed by atoms with Crippen LogP contribution in [0.15, 0.2) is 41.3 Å². The topological polar surface area (TPSA) is 151 Å². The normalized spacial score (nSPS) is 16.1. The quantitative estimate of drug-likeness (QED) is 0.448. The van der Waals surface area contributed by atoms with Crippen LogP contribution in [0.4, 0.5) is 4.79 Å². The highest BCUT2D eigenvalue weighted by molar-refractivity contribution is 7.89. The number of hydrogen-bond donors (Lipinski definition) is 4.